The molecule has 3 N–H and O–H groups in total. The van der Waals surface area contributed by atoms with Crippen molar-refractivity contribution in [2.24, 2.45) is 0 Å². The molecular formula is C14H16ClFN4O. The number of nitrogen functional groups attached to an aromatic ring is 1. The number of carbonyl (C=O) groups excluding carboxylic acids is 1. The largest absolute Gasteiger partial charge is 0.396 e. The number of nitrogens with one attached hydrogen (secondary N) is 1. The minimum atomic E-state index is -0.501. The molecule has 0 saturated heterocycles. The molecule has 0 atom stereocenters. The number of aryl methyl sites for hydroxylation is 1. The van der Waals surface area contributed by atoms with Gasteiger partial charge in [-0.25, -0.2) is 4.39 Å². The average Bonchev–Trinajstić information content (AvgIpc) is 2.75. The lowest BCUT2D eigenvalue weighted by Gasteiger charge is -2.07. The highest BCUT2D eigenvalue weighted by Gasteiger charge is 2.07. The molecule has 5 nitrogen and oxygen atoms in total. The Balaban J connectivity index is 1.82. The van der Waals surface area contributed by atoms with Crippen LogP contribution in [0, 0.1) is 12.7 Å². The van der Waals surface area contributed by atoms with Crippen LogP contribution in [0.2, 0.25) is 5.02 Å². The van der Waals surface area contributed by atoms with Crippen molar-refractivity contribution in [3.63, 3.8) is 0 Å². The quantitative estimate of drug-likeness (QED) is 0.834. The molecule has 0 aliphatic heterocycles. The van der Waals surface area contributed by atoms with E-state index in [1.165, 1.54) is 18.2 Å². The molecule has 7 heteroatoms. The van der Waals surface area contributed by atoms with E-state index < -0.39 is 5.82 Å². The number of anilines is 2. The molecule has 0 spiro atoms. The monoisotopic (exact) mass is 310 g/mol. The molecule has 2 aromatic rings. The van der Waals surface area contributed by atoms with Gasteiger partial charge < -0.3 is 11.1 Å². The maximum atomic E-state index is 13.0. The number of benzene rings is 1. The van der Waals surface area contributed by atoms with Crippen molar-refractivity contribution in [1.82, 2.24) is 9.78 Å². The Morgan fingerprint density at radius 2 is 2.29 bits per heavy atom. The van der Waals surface area contributed by atoms with Crippen LogP contribution in [0.4, 0.5) is 15.8 Å². The fourth-order valence-electron chi connectivity index (χ4n) is 1.88. The molecule has 2 rings (SSSR count). The van der Waals surface area contributed by atoms with Crippen molar-refractivity contribution < 1.29 is 9.18 Å². The highest BCUT2D eigenvalue weighted by atomic mass is 35.5. The molecule has 0 aliphatic rings. The summed E-state index contributed by atoms with van der Waals surface area (Å²) in [5.41, 5.74) is 6.81. The van der Waals surface area contributed by atoms with Gasteiger partial charge in [-0.2, -0.15) is 5.10 Å². The smallest absolute Gasteiger partial charge is 0.224 e. The predicted molar refractivity (Wildman–Crippen MR) is 80.7 cm³/mol. The second-order valence-corrected chi connectivity index (χ2v) is 5.10. The highest BCUT2D eigenvalue weighted by Crippen LogP contribution is 2.17. The fourth-order valence-corrected chi connectivity index (χ4v) is 2.02. The van der Waals surface area contributed by atoms with E-state index in [1.807, 2.05) is 6.92 Å². The number of nitrogens with zero attached hydrogens (tertiary/aromatic N) is 2. The standard InChI is InChI=1S/C14H16ClFN4O/c1-9-11(15)8-18-20(9)6-2-3-14(21)19-10-4-5-12(16)13(17)7-10/h4-5,7-8H,2-3,6,17H2,1H3,(H,19,21). The Kier molecular flexibility index (Phi) is 4.80. The molecular weight excluding hydrogens is 295 g/mol. The van der Waals surface area contributed by atoms with Gasteiger partial charge in [0.05, 0.1) is 22.6 Å². The second kappa shape index (κ2) is 6.58. The van der Waals surface area contributed by atoms with E-state index in [0.717, 1.165) is 5.69 Å². The molecule has 1 aromatic heterocycles. The van der Waals surface area contributed by atoms with E-state index in [1.54, 1.807) is 10.9 Å². The summed E-state index contributed by atoms with van der Waals surface area (Å²) in [6.45, 7) is 2.48. The molecule has 21 heavy (non-hydrogen) atoms. The Bertz CT molecular complexity index is 656. The maximum absolute atomic E-state index is 13.0. The number of hydrogen-bond acceptors (Lipinski definition) is 3. The van der Waals surface area contributed by atoms with E-state index in [-0.39, 0.29) is 11.6 Å². The van der Waals surface area contributed by atoms with Gasteiger partial charge in [0.2, 0.25) is 5.91 Å². The van der Waals surface area contributed by atoms with Crippen molar-refractivity contribution in [2.75, 3.05) is 11.1 Å². The molecule has 0 radical (unpaired) electrons. The molecule has 0 saturated carbocycles. The maximum Gasteiger partial charge on any atom is 0.224 e. The lowest BCUT2D eigenvalue weighted by atomic mass is 10.2. The van der Waals surface area contributed by atoms with Crippen LogP contribution >= 0.6 is 11.6 Å². The topological polar surface area (TPSA) is 72.9 Å². The number of hydrogen-bond donors (Lipinski definition) is 2. The summed E-state index contributed by atoms with van der Waals surface area (Å²) in [6.07, 6.45) is 2.54. The summed E-state index contributed by atoms with van der Waals surface area (Å²) in [4.78, 5) is 11.8. The molecule has 1 heterocycles. The van der Waals surface area contributed by atoms with Gasteiger partial charge in [-0.1, -0.05) is 11.6 Å². The first-order valence-corrected chi connectivity index (χ1v) is 6.88. The number of halogens is 2. The van der Waals surface area contributed by atoms with Crippen molar-refractivity contribution >= 4 is 28.9 Å². The highest BCUT2D eigenvalue weighted by molar-refractivity contribution is 6.31. The van der Waals surface area contributed by atoms with Crippen molar-refractivity contribution in [1.29, 1.82) is 0 Å². The number of carbonyl (C=O) groups is 1. The zero-order valence-electron chi connectivity index (χ0n) is 11.6. The summed E-state index contributed by atoms with van der Waals surface area (Å²) >= 11 is 5.90. The third kappa shape index (κ3) is 3.95. The van der Waals surface area contributed by atoms with E-state index in [0.29, 0.717) is 30.1 Å². The SMILES string of the molecule is Cc1c(Cl)cnn1CCCC(=O)Nc1ccc(F)c(N)c1. The van der Waals surface area contributed by atoms with Gasteiger partial charge in [0, 0.05) is 18.7 Å². The molecule has 1 amide bonds. The number of aromatic nitrogens is 2. The van der Waals surface area contributed by atoms with Gasteiger partial charge in [-0.15, -0.1) is 0 Å². The van der Waals surface area contributed by atoms with Gasteiger partial charge >= 0.3 is 0 Å². The molecule has 112 valence electrons. The lowest BCUT2D eigenvalue weighted by Crippen LogP contribution is -2.13. The third-order valence-electron chi connectivity index (χ3n) is 3.10. The first kappa shape index (κ1) is 15.3. The minimum absolute atomic E-state index is 0.00890. The predicted octanol–water partition coefficient (Wildman–Crippen LogP) is 2.99. The van der Waals surface area contributed by atoms with Crippen LogP contribution in [0.15, 0.2) is 24.4 Å². The zero-order valence-corrected chi connectivity index (χ0v) is 12.3. The van der Waals surface area contributed by atoms with E-state index in [4.69, 9.17) is 17.3 Å². The van der Waals surface area contributed by atoms with E-state index >= 15 is 0 Å². The summed E-state index contributed by atoms with van der Waals surface area (Å²) < 4.78 is 14.8. The van der Waals surface area contributed by atoms with Gasteiger partial charge in [0.1, 0.15) is 5.82 Å². The summed E-state index contributed by atoms with van der Waals surface area (Å²) in [5, 5.41) is 7.40. The molecule has 1 aromatic carbocycles. The Morgan fingerprint density at radius 3 is 2.90 bits per heavy atom. The van der Waals surface area contributed by atoms with Crippen LogP contribution in [0.25, 0.3) is 0 Å². The van der Waals surface area contributed by atoms with Crippen LogP contribution in [0.5, 0.6) is 0 Å². The Labute approximate surface area is 126 Å². The summed E-state index contributed by atoms with van der Waals surface area (Å²) in [5.74, 6) is -0.657. The first-order valence-electron chi connectivity index (χ1n) is 6.50. The van der Waals surface area contributed by atoms with Gasteiger partial charge in [-0.3, -0.25) is 9.48 Å². The normalized spacial score (nSPS) is 10.6. The number of amides is 1. The van der Waals surface area contributed by atoms with Gasteiger partial charge in [-0.05, 0) is 31.5 Å². The van der Waals surface area contributed by atoms with Crippen LogP contribution in [-0.2, 0) is 11.3 Å². The lowest BCUT2D eigenvalue weighted by molar-refractivity contribution is -0.116. The van der Waals surface area contributed by atoms with E-state index in [9.17, 15) is 9.18 Å². The van der Waals surface area contributed by atoms with Crippen molar-refractivity contribution in [3.8, 4) is 0 Å². The first-order chi connectivity index (χ1) is 9.97. The third-order valence-corrected chi connectivity index (χ3v) is 3.47. The van der Waals surface area contributed by atoms with Crippen molar-refractivity contribution in [2.45, 2.75) is 26.3 Å². The molecule has 0 bridgehead atoms. The fraction of sp³-hybridized carbons (Fsp3) is 0.286. The zero-order chi connectivity index (χ0) is 15.4. The number of nitrogens with two attached hydrogens (primary N) is 1. The van der Waals surface area contributed by atoms with Crippen LogP contribution in [0.1, 0.15) is 18.5 Å². The van der Waals surface area contributed by atoms with Gasteiger partial charge in [0.25, 0.3) is 0 Å². The van der Waals surface area contributed by atoms with Crippen LogP contribution < -0.4 is 11.1 Å². The van der Waals surface area contributed by atoms with Crippen molar-refractivity contribution in [3.05, 3.63) is 40.9 Å². The molecule has 0 aliphatic carbocycles. The summed E-state index contributed by atoms with van der Waals surface area (Å²) in [7, 11) is 0. The Morgan fingerprint density at radius 1 is 1.52 bits per heavy atom. The second-order valence-electron chi connectivity index (χ2n) is 4.69. The van der Waals surface area contributed by atoms with Gasteiger partial charge in [0.15, 0.2) is 0 Å². The minimum Gasteiger partial charge on any atom is -0.396 e. The molecule has 0 fully saturated rings. The number of rotatable bonds is 5. The van der Waals surface area contributed by atoms with E-state index in [2.05, 4.69) is 10.4 Å². The van der Waals surface area contributed by atoms with Crippen LogP contribution in [-0.4, -0.2) is 15.7 Å². The average molecular weight is 311 g/mol. The Hall–Kier alpha value is -2.08. The molecule has 0 unspecified atom stereocenters. The summed E-state index contributed by atoms with van der Waals surface area (Å²) in [6, 6.07) is 4.09. The van der Waals surface area contributed by atoms with Crippen LogP contribution in [0.3, 0.4) is 0 Å².